The van der Waals surface area contributed by atoms with Gasteiger partial charge in [0.15, 0.2) is 0 Å². The average Bonchev–Trinajstić information content (AvgIpc) is 2.72. The number of anilines is 2. The van der Waals surface area contributed by atoms with Gasteiger partial charge in [-0.1, -0.05) is 30.3 Å². The Hall–Kier alpha value is -3.35. The van der Waals surface area contributed by atoms with Crippen molar-refractivity contribution in [3.05, 3.63) is 89.7 Å². The Labute approximate surface area is 167 Å². The molecule has 0 bridgehead atoms. The standard InChI is InChI=1S/C22H20F3N3O/c1-2-28(15-16-6-4-3-5-7-16)19-12-13-26-20(14-19)21(29)27-18-10-8-17(9-11-18)22(23,24)25/h3-14H,2,15H2,1H3,(H,27,29). The van der Waals surface area contributed by atoms with Crippen molar-refractivity contribution in [3.63, 3.8) is 0 Å². The van der Waals surface area contributed by atoms with Crippen LogP contribution >= 0.6 is 0 Å². The van der Waals surface area contributed by atoms with E-state index in [9.17, 15) is 18.0 Å². The highest BCUT2D eigenvalue weighted by atomic mass is 19.4. The van der Waals surface area contributed by atoms with Crippen LogP contribution in [0.5, 0.6) is 0 Å². The summed E-state index contributed by atoms with van der Waals surface area (Å²) in [7, 11) is 0. The van der Waals surface area contributed by atoms with Crippen LogP contribution in [0.15, 0.2) is 72.9 Å². The number of carbonyl (C=O) groups is 1. The van der Waals surface area contributed by atoms with E-state index < -0.39 is 17.6 Å². The molecule has 0 saturated carbocycles. The van der Waals surface area contributed by atoms with Crippen molar-refractivity contribution < 1.29 is 18.0 Å². The van der Waals surface area contributed by atoms with Gasteiger partial charge in [-0.15, -0.1) is 0 Å². The molecule has 0 aliphatic heterocycles. The molecule has 0 unspecified atom stereocenters. The van der Waals surface area contributed by atoms with Crippen molar-refractivity contribution in [1.82, 2.24) is 4.98 Å². The molecule has 0 atom stereocenters. The van der Waals surface area contributed by atoms with Crippen LogP contribution in [-0.4, -0.2) is 17.4 Å². The number of rotatable bonds is 6. The van der Waals surface area contributed by atoms with Crippen LogP contribution in [0.3, 0.4) is 0 Å². The molecule has 0 saturated heterocycles. The summed E-state index contributed by atoms with van der Waals surface area (Å²) in [6, 6.07) is 17.7. The number of hydrogen-bond acceptors (Lipinski definition) is 3. The first-order chi connectivity index (χ1) is 13.9. The van der Waals surface area contributed by atoms with Gasteiger partial charge in [0, 0.05) is 30.7 Å². The third-order valence-corrected chi connectivity index (χ3v) is 4.41. The summed E-state index contributed by atoms with van der Waals surface area (Å²) in [4.78, 5) is 18.7. The van der Waals surface area contributed by atoms with Gasteiger partial charge < -0.3 is 10.2 Å². The maximum atomic E-state index is 12.7. The third-order valence-electron chi connectivity index (χ3n) is 4.41. The molecule has 150 valence electrons. The topological polar surface area (TPSA) is 45.2 Å². The van der Waals surface area contributed by atoms with Gasteiger partial charge in [-0.2, -0.15) is 13.2 Å². The smallest absolute Gasteiger partial charge is 0.367 e. The summed E-state index contributed by atoms with van der Waals surface area (Å²) in [5.74, 6) is -0.484. The predicted molar refractivity (Wildman–Crippen MR) is 107 cm³/mol. The summed E-state index contributed by atoms with van der Waals surface area (Å²) in [6.45, 7) is 3.44. The highest BCUT2D eigenvalue weighted by molar-refractivity contribution is 6.03. The van der Waals surface area contributed by atoms with Gasteiger partial charge in [-0.05, 0) is 48.9 Å². The van der Waals surface area contributed by atoms with Gasteiger partial charge in [0.1, 0.15) is 5.69 Å². The minimum Gasteiger partial charge on any atom is -0.367 e. The van der Waals surface area contributed by atoms with Crippen LogP contribution in [0.2, 0.25) is 0 Å². The largest absolute Gasteiger partial charge is 0.416 e. The van der Waals surface area contributed by atoms with Crippen molar-refractivity contribution in [2.24, 2.45) is 0 Å². The van der Waals surface area contributed by atoms with E-state index in [2.05, 4.69) is 15.2 Å². The lowest BCUT2D eigenvalue weighted by Crippen LogP contribution is -2.23. The van der Waals surface area contributed by atoms with Gasteiger partial charge in [0.2, 0.25) is 0 Å². The van der Waals surface area contributed by atoms with Crippen molar-refractivity contribution >= 4 is 17.3 Å². The summed E-state index contributed by atoms with van der Waals surface area (Å²) in [5.41, 5.74) is 1.67. The molecule has 1 heterocycles. The van der Waals surface area contributed by atoms with E-state index in [0.29, 0.717) is 6.54 Å². The molecule has 29 heavy (non-hydrogen) atoms. The zero-order chi connectivity index (χ0) is 20.9. The van der Waals surface area contributed by atoms with Gasteiger partial charge in [-0.3, -0.25) is 9.78 Å². The Kier molecular flexibility index (Phi) is 6.16. The summed E-state index contributed by atoms with van der Waals surface area (Å²) in [6.07, 6.45) is -2.87. The molecule has 4 nitrogen and oxygen atoms in total. The second-order valence-corrected chi connectivity index (χ2v) is 6.43. The number of hydrogen-bond donors (Lipinski definition) is 1. The molecule has 1 amide bonds. The lowest BCUT2D eigenvalue weighted by Gasteiger charge is -2.23. The van der Waals surface area contributed by atoms with Crippen LogP contribution in [0.1, 0.15) is 28.5 Å². The van der Waals surface area contributed by atoms with Gasteiger partial charge in [-0.25, -0.2) is 0 Å². The maximum Gasteiger partial charge on any atom is 0.416 e. The fraction of sp³-hybridized carbons (Fsp3) is 0.182. The summed E-state index contributed by atoms with van der Waals surface area (Å²) < 4.78 is 38.0. The third kappa shape index (κ3) is 5.34. The van der Waals surface area contributed by atoms with E-state index in [-0.39, 0.29) is 11.4 Å². The molecule has 0 aliphatic rings. The predicted octanol–water partition coefficient (Wildman–Crippen LogP) is 5.38. The van der Waals surface area contributed by atoms with Crippen LogP contribution in [0.25, 0.3) is 0 Å². The van der Waals surface area contributed by atoms with Crippen molar-refractivity contribution in [3.8, 4) is 0 Å². The quantitative estimate of drug-likeness (QED) is 0.605. The molecule has 3 rings (SSSR count). The Bertz CT molecular complexity index is 957. The number of halogens is 3. The van der Waals surface area contributed by atoms with E-state index in [1.54, 1.807) is 12.3 Å². The van der Waals surface area contributed by atoms with E-state index in [4.69, 9.17) is 0 Å². The second-order valence-electron chi connectivity index (χ2n) is 6.43. The van der Waals surface area contributed by atoms with Gasteiger partial charge in [0.25, 0.3) is 5.91 Å². The molecule has 1 aromatic heterocycles. The number of alkyl halides is 3. The molecule has 0 fully saturated rings. The number of nitrogens with zero attached hydrogens (tertiary/aromatic N) is 2. The monoisotopic (exact) mass is 399 g/mol. The van der Waals surface area contributed by atoms with Crippen molar-refractivity contribution in [2.75, 3.05) is 16.8 Å². The van der Waals surface area contributed by atoms with Crippen LogP contribution in [0, 0.1) is 0 Å². The van der Waals surface area contributed by atoms with Gasteiger partial charge >= 0.3 is 6.18 Å². The van der Waals surface area contributed by atoms with Crippen LogP contribution in [0.4, 0.5) is 24.5 Å². The highest BCUT2D eigenvalue weighted by Gasteiger charge is 2.30. The normalized spacial score (nSPS) is 11.2. The van der Waals surface area contributed by atoms with Crippen molar-refractivity contribution in [1.29, 1.82) is 0 Å². The lowest BCUT2D eigenvalue weighted by atomic mass is 10.2. The fourth-order valence-electron chi connectivity index (χ4n) is 2.87. The molecule has 1 N–H and O–H groups in total. The first-order valence-electron chi connectivity index (χ1n) is 9.10. The number of benzene rings is 2. The molecule has 0 spiro atoms. The fourth-order valence-corrected chi connectivity index (χ4v) is 2.87. The molecule has 3 aromatic rings. The molecule has 0 radical (unpaired) electrons. The zero-order valence-electron chi connectivity index (χ0n) is 15.8. The van der Waals surface area contributed by atoms with Crippen LogP contribution < -0.4 is 10.2 Å². The summed E-state index contributed by atoms with van der Waals surface area (Å²) >= 11 is 0. The number of amides is 1. The van der Waals surface area contributed by atoms with Gasteiger partial charge in [0.05, 0.1) is 5.56 Å². The number of nitrogens with one attached hydrogen (secondary N) is 1. The van der Waals surface area contributed by atoms with E-state index >= 15 is 0 Å². The molecule has 7 heteroatoms. The molecular formula is C22H20F3N3O. The second kappa shape index (κ2) is 8.77. The Morgan fingerprint density at radius 3 is 2.34 bits per heavy atom. The number of carbonyl (C=O) groups excluding carboxylic acids is 1. The Morgan fingerprint density at radius 2 is 1.72 bits per heavy atom. The first kappa shape index (κ1) is 20.4. The zero-order valence-corrected chi connectivity index (χ0v) is 15.8. The molecule has 0 aliphatic carbocycles. The minimum atomic E-state index is -4.42. The highest BCUT2D eigenvalue weighted by Crippen LogP contribution is 2.30. The van der Waals surface area contributed by atoms with Crippen molar-refractivity contribution in [2.45, 2.75) is 19.6 Å². The van der Waals surface area contributed by atoms with E-state index in [0.717, 1.165) is 29.9 Å². The van der Waals surface area contributed by atoms with E-state index in [1.165, 1.54) is 12.1 Å². The average molecular weight is 399 g/mol. The lowest BCUT2D eigenvalue weighted by molar-refractivity contribution is -0.137. The Morgan fingerprint density at radius 1 is 1.03 bits per heavy atom. The van der Waals surface area contributed by atoms with Crippen LogP contribution in [-0.2, 0) is 12.7 Å². The maximum absolute atomic E-state index is 12.7. The minimum absolute atomic E-state index is 0.189. The van der Waals surface area contributed by atoms with E-state index in [1.807, 2.05) is 43.3 Å². The molecule has 2 aromatic carbocycles. The SMILES string of the molecule is CCN(Cc1ccccc1)c1ccnc(C(=O)Nc2ccc(C(F)(F)F)cc2)c1. The first-order valence-corrected chi connectivity index (χ1v) is 9.10. The number of aromatic nitrogens is 1. The Balaban J connectivity index is 1.73. The summed E-state index contributed by atoms with van der Waals surface area (Å²) in [5, 5.41) is 2.58. The number of pyridine rings is 1. The molecular weight excluding hydrogens is 379 g/mol.